The molecule has 0 amide bonds. The Hall–Kier alpha value is -2.43. The first-order valence-corrected chi connectivity index (χ1v) is 13.9. The van der Waals surface area contributed by atoms with Gasteiger partial charge in [0, 0.05) is 18.7 Å². The van der Waals surface area contributed by atoms with Crippen LogP contribution in [-0.2, 0) is 6.54 Å². The summed E-state index contributed by atoms with van der Waals surface area (Å²) in [5.74, 6) is 0. The molecule has 4 aromatic carbocycles. The van der Waals surface area contributed by atoms with Crippen LogP contribution in [0.15, 0.2) is 103 Å². The Morgan fingerprint density at radius 3 is 2.12 bits per heavy atom. The molecule has 1 aliphatic heterocycles. The Balaban J connectivity index is 1.30. The van der Waals surface area contributed by atoms with E-state index in [1.54, 1.807) is 0 Å². The molecule has 1 fully saturated rings. The van der Waals surface area contributed by atoms with Gasteiger partial charge in [-0.25, -0.2) is 0 Å². The molecule has 5 aromatic rings. The maximum absolute atomic E-state index is 2.70. The summed E-state index contributed by atoms with van der Waals surface area (Å²) in [5, 5.41) is 9.02. The number of hydrogen-bond donors (Lipinski definition) is 0. The van der Waals surface area contributed by atoms with Gasteiger partial charge >= 0.3 is 0 Å². The van der Waals surface area contributed by atoms with Gasteiger partial charge in [-0.05, 0) is 58.1 Å². The van der Waals surface area contributed by atoms with Crippen LogP contribution in [0.25, 0.3) is 21.0 Å². The fourth-order valence-electron chi connectivity index (χ4n) is 5.26. The zero-order valence-corrected chi connectivity index (χ0v) is 20.0. The molecule has 0 spiro atoms. The zero-order chi connectivity index (χ0) is 21.3. The molecule has 0 N–H and O–H groups in total. The lowest BCUT2D eigenvalue weighted by molar-refractivity contribution is 0.333. The summed E-state index contributed by atoms with van der Waals surface area (Å²) in [5.41, 5.74) is 2.21. The lowest BCUT2D eigenvalue weighted by atomic mass is 10.1. The van der Waals surface area contributed by atoms with Crippen molar-refractivity contribution >= 4 is 47.7 Å². The third kappa shape index (κ3) is 3.80. The van der Waals surface area contributed by atoms with E-state index >= 15 is 0 Å². The summed E-state index contributed by atoms with van der Waals surface area (Å²) in [6, 6.07) is 38.4. The zero-order valence-electron chi connectivity index (χ0n) is 18.1. The number of likely N-dealkylation sites (tertiary alicyclic amines) is 1. The van der Waals surface area contributed by atoms with Crippen LogP contribution in [0.2, 0.25) is 0 Å². The maximum Gasteiger partial charge on any atom is 0.0240 e. The highest BCUT2D eigenvalue weighted by Gasteiger charge is 2.31. The molecule has 1 aliphatic rings. The Bertz CT molecular complexity index is 1300. The number of benzene rings is 4. The summed E-state index contributed by atoms with van der Waals surface area (Å²) in [7, 11) is 0.458. The van der Waals surface area contributed by atoms with Crippen molar-refractivity contribution in [2.45, 2.75) is 18.6 Å². The van der Waals surface area contributed by atoms with Gasteiger partial charge in [0.05, 0.1) is 0 Å². The quantitative estimate of drug-likeness (QED) is 0.268. The van der Waals surface area contributed by atoms with E-state index in [4.69, 9.17) is 0 Å². The summed E-state index contributed by atoms with van der Waals surface area (Å²) in [4.78, 5) is 2.70. The molecule has 32 heavy (non-hydrogen) atoms. The Morgan fingerprint density at radius 1 is 0.719 bits per heavy atom. The normalized spacial score (nSPS) is 17.2. The first kappa shape index (κ1) is 20.2. The van der Waals surface area contributed by atoms with Gasteiger partial charge < -0.3 is 0 Å². The van der Waals surface area contributed by atoms with Gasteiger partial charge in [-0.2, -0.15) is 0 Å². The second kappa shape index (κ2) is 8.84. The molecule has 0 bridgehead atoms. The van der Waals surface area contributed by atoms with Gasteiger partial charge in [-0.1, -0.05) is 103 Å². The van der Waals surface area contributed by atoms with E-state index in [0.29, 0.717) is 5.66 Å². The lowest BCUT2D eigenvalue weighted by Gasteiger charge is -2.26. The highest BCUT2D eigenvalue weighted by atomic mass is 31.1. The molecule has 0 saturated carbocycles. The minimum absolute atomic E-state index is 0.341. The van der Waals surface area contributed by atoms with Crippen LogP contribution in [0.1, 0.15) is 12.0 Å². The highest BCUT2D eigenvalue weighted by molar-refractivity contribution is 7.73. The van der Waals surface area contributed by atoms with Crippen molar-refractivity contribution in [1.82, 2.24) is 4.90 Å². The molecule has 1 nitrogen and oxygen atoms in total. The second-order valence-corrected chi connectivity index (χ2v) is 12.6. The highest BCUT2D eigenvalue weighted by Crippen LogP contribution is 2.45. The Labute approximate surface area is 192 Å². The summed E-state index contributed by atoms with van der Waals surface area (Å²) in [6.07, 6.45) is 1.28. The van der Waals surface area contributed by atoms with Gasteiger partial charge in [0.2, 0.25) is 0 Å². The topological polar surface area (TPSA) is 3.24 Å². The molecule has 2 atom stereocenters. The average Bonchev–Trinajstić information content (AvgIpc) is 3.46. The SMILES string of the molecule is c1ccc(P(c2ccccc2)C2CCN(Cc3cccc4[pH]c5ccccc5c34)C2)cc1. The summed E-state index contributed by atoms with van der Waals surface area (Å²) < 4.78 is 0. The van der Waals surface area contributed by atoms with Crippen LogP contribution in [-0.4, -0.2) is 23.6 Å². The molecule has 1 aromatic heterocycles. The molecular weight excluding hydrogens is 424 g/mol. The Morgan fingerprint density at radius 2 is 1.38 bits per heavy atom. The molecule has 3 heteroatoms. The van der Waals surface area contributed by atoms with Crippen LogP contribution in [0.3, 0.4) is 0 Å². The van der Waals surface area contributed by atoms with Crippen LogP contribution < -0.4 is 10.6 Å². The van der Waals surface area contributed by atoms with E-state index in [2.05, 4.69) is 108 Å². The fourth-order valence-corrected chi connectivity index (χ4v) is 9.57. The smallest absolute Gasteiger partial charge is 0.0240 e. The summed E-state index contributed by atoms with van der Waals surface area (Å²) in [6.45, 7) is 3.44. The van der Waals surface area contributed by atoms with Crippen molar-refractivity contribution < 1.29 is 0 Å². The number of fused-ring (bicyclic) bond motifs is 3. The second-order valence-electron chi connectivity index (χ2n) is 8.73. The van der Waals surface area contributed by atoms with E-state index in [1.807, 2.05) is 0 Å². The standard InChI is InChI=1S/C29H27NP2/c1-3-11-23(12-4-1)32(24-13-5-2-6-14-24)25-18-19-30(21-25)20-22-10-9-17-28-29(22)26-15-7-8-16-27(26)31-28/h1-17,25,31H,18-21H2. The van der Waals surface area contributed by atoms with Gasteiger partial charge in [0.1, 0.15) is 0 Å². The van der Waals surface area contributed by atoms with Crippen LogP contribution in [0.5, 0.6) is 0 Å². The van der Waals surface area contributed by atoms with Gasteiger partial charge in [-0.3, -0.25) is 4.90 Å². The molecule has 6 rings (SSSR count). The Kier molecular flexibility index (Phi) is 5.58. The molecule has 1 saturated heterocycles. The molecule has 0 radical (unpaired) electrons. The number of rotatable bonds is 5. The largest absolute Gasteiger partial charge is 0.298 e. The van der Waals surface area contributed by atoms with Crippen molar-refractivity contribution in [3.8, 4) is 0 Å². The van der Waals surface area contributed by atoms with Crippen molar-refractivity contribution in [3.05, 3.63) is 109 Å². The number of nitrogens with zero attached hydrogens (tertiary/aromatic N) is 1. The lowest BCUT2D eigenvalue weighted by Crippen LogP contribution is -2.26. The maximum atomic E-state index is 2.70. The summed E-state index contributed by atoms with van der Waals surface area (Å²) >= 11 is 0. The average molecular weight is 451 g/mol. The van der Waals surface area contributed by atoms with Crippen LogP contribution >= 0.6 is 16.1 Å². The number of hydrogen-bond acceptors (Lipinski definition) is 1. The van der Waals surface area contributed by atoms with E-state index < -0.39 is 0 Å². The minimum atomic E-state index is -0.341. The van der Waals surface area contributed by atoms with E-state index in [-0.39, 0.29) is 7.92 Å². The third-order valence-corrected chi connectivity index (χ3v) is 10.9. The molecule has 2 unspecified atom stereocenters. The van der Waals surface area contributed by atoms with Crippen LogP contribution in [0.4, 0.5) is 0 Å². The molecular formula is C29H27NP2. The monoisotopic (exact) mass is 451 g/mol. The first-order chi connectivity index (χ1) is 15.9. The van der Waals surface area contributed by atoms with Gasteiger partial charge in [-0.15, -0.1) is 8.19 Å². The predicted octanol–water partition coefficient (Wildman–Crippen LogP) is 6.73. The molecule has 0 aliphatic carbocycles. The molecule has 2 heterocycles. The van der Waals surface area contributed by atoms with Crippen molar-refractivity contribution in [2.24, 2.45) is 0 Å². The predicted molar refractivity (Wildman–Crippen MR) is 144 cm³/mol. The minimum Gasteiger partial charge on any atom is -0.298 e. The first-order valence-electron chi connectivity index (χ1n) is 11.5. The van der Waals surface area contributed by atoms with E-state index in [9.17, 15) is 0 Å². The van der Waals surface area contributed by atoms with Gasteiger partial charge in [0.15, 0.2) is 0 Å². The van der Waals surface area contributed by atoms with E-state index in [1.165, 1.54) is 56.7 Å². The van der Waals surface area contributed by atoms with Gasteiger partial charge in [0.25, 0.3) is 0 Å². The fraction of sp³-hybridized carbons (Fsp3) is 0.172. The van der Waals surface area contributed by atoms with Crippen LogP contribution in [0, 0.1) is 0 Å². The van der Waals surface area contributed by atoms with Crippen molar-refractivity contribution in [3.63, 3.8) is 0 Å². The van der Waals surface area contributed by atoms with Crippen molar-refractivity contribution in [2.75, 3.05) is 13.1 Å². The third-order valence-electron chi connectivity index (χ3n) is 6.69. The molecule has 158 valence electrons. The van der Waals surface area contributed by atoms with E-state index in [0.717, 1.165) is 14.7 Å². The van der Waals surface area contributed by atoms with Crippen molar-refractivity contribution in [1.29, 1.82) is 0 Å².